The molecule has 2 saturated heterocycles. The summed E-state index contributed by atoms with van der Waals surface area (Å²) in [6.45, 7) is 7.15. The molecule has 2 aliphatic heterocycles. The highest BCUT2D eigenvalue weighted by atomic mass is 16.7. The van der Waals surface area contributed by atoms with Crippen LogP contribution in [0.1, 0.15) is 72.6 Å². The van der Waals surface area contributed by atoms with Crippen molar-refractivity contribution in [2.24, 2.45) is 11.7 Å². The average molecular weight is 564 g/mol. The van der Waals surface area contributed by atoms with Crippen molar-refractivity contribution in [3.05, 3.63) is 0 Å². The van der Waals surface area contributed by atoms with Crippen molar-refractivity contribution in [2.45, 2.75) is 128 Å². The second-order valence-corrected chi connectivity index (χ2v) is 10.4. The minimum absolute atomic E-state index is 0.0779. The van der Waals surface area contributed by atoms with Crippen LogP contribution in [0.5, 0.6) is 0 Å². The summed E-state index contributed by atoms with van der Waals surface area (Å²) < 4.78 is 34.0. The van der Waals surface area contributed by atoms with Crippen molar-refractivity contribution in [2.75, 3.05) is 13.2 Å². The summed E-state index contributed by atoms with van der Waals surface area (Å²) in [5, 5.41) is 28.7. The number of esters is 2. The van der Waals surface area contributed by atoms with Gasteiger partial charge in [-0.15, -0.1) is 0 Å². The Labute approximate surface area is 229 Å². The normalized spacial score (nSPS) is 32.7. The minimum Gasteiger partial charge on any atom is -0.481 e. The molecule has 0 aromatic heterocycles. The van der Waals surface area contributed by atoms with Gasteiger partial charge in [0.25, 0.3) is 0 Å². The molecule has 0 radical (unpaired) electrons. The second kappa shape index (κ2) is 16.4. The van der Waals surface area contributed by atoms with Crippen LogP contribution in [0.15, 0.2) is 0 Å². The van der Waals surface area contributed by atoms with Crippen LogP contribution in [0, 0.1) is 5.92 Å². The zero-order valence-corrected chi connectivity index (χ0v) is 23.2. The summed E-state index contributed by atoms with van der Waals surface area (Å²) in [5.74, 6) is -2.43. The van der Waals surface area contributed by atoms with E-state index in [0.717, 1.165) is 0 Å². The van der Waals surface area contributed by atoms with Crippen LogP contribution in [-0.4, -0.2) is 102 Å². The predicted molar refractivity (Wildman–Crippen MR) is 135 cm³/mol. The van der Waals surface area contributed by atoms with Gasteiger partial charge in [0.15, 0.2) is 18.7 Å². The topological polar surface area (TPSA) is 193 Å². The fourth-order valence-electron chi connectivity index (χ4n) is 4.16. The molecule has 6 unspecified atom stereocenters. The summed E-state index contributed by atoms with van der Waals surface area (Å²) in [4.78, 5) is 35.9. The molecule has 0 aromatic carbocycles. The van der Waals surface area contributed by atoms with Gasteiger partial charge >= 0.3 is 17.9 Å². The van der Waals surface area contributed by atoms with Gasteiger partial charge in [0.1, 0.15) is 12.2 Å². The fraction of sp³-hybridized carbons (Fsp3) is 0.885. The maximum Gasteiger partial charge on any atom is 0.310 e. The molecule has 13 heteroatoms. The number of carboxylic acids is 1. The third-order valence-electron chi connectivity index (χ3n) is 6.82. The maximum absolute atomic E-state index is 12.6. The van der Waals surface area contributed by atoms with Gasteiger partial charge in [0.2, 0.25) is 0 Å². The van der Waals surface area contributed by atoms with Crippen LogP contribution < -0.4 is 5.73 Å². The molecule has 226 valence electrons. The number of carbonyl (C=O) groups excluding carboxylic acids is 2. The van der Waals surface area contributed by atoms with Crippen LogP contribution in [-0.2, 0) is 42.8 Å². The van der Waals surface area contributed by atoms with Crippen LogP contribution in [0.2, 0.25) is 0 Å². The van der Waals surface area contributed by atoms with E-state index in [1.165, 1.54) is 0 Å². The number of carbonyl (C=O) groups is 3. The smallest absolute Gasteiger partial charge is 0.310 e. The van der Waals surface area contributed by atoms with E-state index < -0.39 is 79.1 Å². The van der Waals surface area contributed by atoms with Gasteiger partial charge in [-0.25, -0.2) is 0 Å². The van der Waals surface area contributed by atoms with Crippen molar-refractivity contribution in [1.82, 2.24) is 0 Å². The molecule has 0 amide bonds. The standard InChI is InChI=1S/C26H45NO12/c1-14(13-27)24(33)39-20-12-21(26(37-17(20)4)35-15(2)8-9-22(30)31)38-23(32)7-5-6-10-34-25-19(29)11-18(28)16(3)36-25/h14-21,25-26,28-29H,5-13,27H2,1-4H3,(H,30,31)/t14?,15-,16?,17?,18?,19+,20-,21+,25?,26?/m1/s1. The molecule has 10 atom stereocenters. The Morgan fingerprint density at radius 3 is 2.28 bits per heavy atom. The third kappa shape index (κ3) is 11.3. The van der Waals surface area contributed by atoms with E-state index in [1.54, 1.807) is 27.7 Å². The van der Waals surface area contributed by atoms with Gasteiger partial charge < -0.3 is 49.5 Å². The van der Waals surface area contributed by atoms with Crippen LogP contribution >= 0.6 is 0 Å². The first-order chi connectivity index (χ1) is 18.4. The van der Waals surface area contributed by atoms with E-state index in [-0.39, 0.29) is 45.3 Å². The van der Waals surface area contributed by atoms with Crippen LogP contribution in [0.3, 0.4) is 0 Å². The molecule has 2 aliphatic rings. The zero-order chi connectivity index (χ0) is 29.1. The minimum atomic E-state index is -0.958. The summed E-state index contributed by atoms with van der Waals surface area (Å²) in [7, 11) is 0. The van der Waals surface area contributed by atoms with Gasteiger partial charge in [-0.2, -0.15) is 0 Å². The Hall–Kier alpha value is -1.87. The Morgan fingerprint density at radius 1 is 0.923 bits per heavy atom. The zero-order valence-electron chi connectivity index (χ0n) is 23.2. The number of carboxylic acid groups (broad SMARTS) is 1. The quantitative estimate of drug-likeness (QED) is 0.162. The van der Waals surface area contributed by atoms with E-state index in [9.17, 15) is 24.6 Å². The van der Waals surface area contributed by atoms with Gasteiger partial charge in [-0.3, -0.25) is 14.4 Å². The van der Waals surface area contributed by atoms with Gasteiger partial charge in [-0.05, 0) is 40.0 Å². The van der Waals surface area contributed by atoms with Crippen LogP contribution in [0.4, 0.5) is 0 Å². The molecule has 39 heavy (non-hydrogen) atoms. The molecular weight excluding hydrogens is 518 g/mol. The van der Waals surface area contributed by atoms with Crippen molar-refractivity contribution in [3.63, 3.8) is 0 Å². The largest absolute Gasteiger partial charge is 0.481 e. The highest BCUT2D eigenvalue weighted by Crippen LogP contribution is 2.28. The van der Waals surface area contributed by atoms with E-state index in [4.69, 9.17) is 39.3 Å². The monoisotopic (exact) mass is 563 g/mol. The highest BCUT2D eigenvalue weighted by Gasteiger charge is 2.42. The molecule has 2 fully saturated rings. The Morgan fingerprint density at radius 2 is 1.62 bits per heavy atom. The van der Waals surface area contributed by atoms with E-state index in [2.05, 4.69) is 0 Å². The molecule has 5 N–H and O–H groups in total. The van der Waals surface area contributed by atoms with Gasteiger partial charge in [-0.1, -0.05) is 6.92 Å². The predicted octanol–water partition coefficient (Wildman–Crippen LogP) is 0.853. The summed E-state index contributed by atoms with van der Waals surface area (Å²) >= 11 is 0. The lowest BCUT2D eigenvalue weighted by molar-refractivity contribution is -0.280. The maximum atomic E-state index is 12.6. The number of unbranched alkanes of at least 4 members (excludes halogenated alkanes) is 1. The number of ether oxygens (including phenoxy) is 6. The highest BCUT2D eigenvalue weighted by molar-refractivity contribution is 5.72. The molecule has 0 spiro atoms. The van der Waals surface area contributed by atoms with Crippen molar-refractivity contribution in [3.8, 4) is 0 Å². The lowest BCUT2D eigenvalue weighted by atomic mass is 10.0. The summed E-state index contributed by atoms with van der Waals surface area (Å²) in [5.41, 5.74) is 5.56. The molecule has 2 rings (SSSR count). The fourth-order valence-corrected chi connectivity index (χ4v) is 4.16. The number of rotatable bonds is 15. The van der Waals surface area contributed by atoms with Gasteiger partial charge in [0, 0.05) is 38.8 Å². The number of aliphatic hydroxyl groups is 2. The Balaban J connectivity index is 1.88. The summed E-state index contributed by atoms with van der Waals surface area (Å²) in [6, 6.07) is 0. The number of aliphatic carboxylic acids is 1. The molecule has 2 heterocycles. The Bertz CT molecular complexity index is 782. The SMILES string of the molecule is CC(CN)C(=O)O[C@@H]1C[C@H](OC(=O)CCCCOC2OC(C)C(O)C[C@@H]2O)C(O[C@H](C)CCC(=O)O)OC1C. The van der Waals surface area contributed by atoms with Crippen LogP contribution in [0.25, 0.3) is 0 Å². The molecule has 13 nitrogen and oxygen atoms in total. The lowest BCUT2D eigenvalue weighted by Crippen LogP contribution is -2.51. The molecule has 0 bridgehead atoms. The number of nitrogens with two attached hydrogens (primary N) is 1. The first kappa shape index (κ1) is 33.3. The third-order valence-corrected chi connectivity index (χ3v) is 6.82. The first-order valence-electron chi connectivity index (χ1n) is 13.7. The molecule has 0 saturated carbocycles. The van der Waals surface area contributed by atoms with Crippen molar-refractivity contribution >= 4 is 17.9 Å². The number of hydrogen-bond donors (Lipinski definition) is 4. The summed E-state index contributed by atoms with van der Waals surface area (Å²) in [6.07, 6.45) is -5.02. The average Bonchev–Trinajstić information content (AvgIpc) is 2.87. The Kier molecular flexibility index (Phi) is 14.0. The number of aliphatic hydroxyl groups excluding tert-OH is 2. The van der Waals surface area contributed by atoms with Crippen molar-refractivity contribution in [1.29, 1.82) is 0 Å². The first-order valence-corrected chi connectivity index (χ1v) is 13.7. The van der Waals surface area contributed by atoms with Crippen molar-refractivity contribution < 1.29 is 58.1 Å². The number of hydrogen-bond acceptors (Lipinski definition) is 12. The second-order valence-electron chi connectivity index (χ2n) is 10.4. The molecule has 0 aromatic rings. The molecular formula is C26H45NO12. The van der Waals surface area contributed by atoms with Gasteiger partial charge in [0.05, 0.1) is 30.3 Å². The van der Waals surface area contributed by atoms with E-state index >= 15 is 0 Å². The lowest BCUT2D eigenvalue weighted by Gasteiger charge is -2.40. The molecule has 0 aliphatic carbocycles. The van der Waals surface area contributed by atoms with E-state index in [0.29, 0.717) is 12.8 Å². The van der Waals surface area contributed by atoms with E-state index in [1.807, 2.05) is 0 Å².